The van der Waals surface area contributed by atoms with Crippen molar-refractivity contribution < 1.29 is 4.74 Å². The SMILES string of the molecule is COCCCNc1nc(C)c(Cc2ccc(Cl)c(Cl)c2)c(=O)[nH]1. The summed E-state index contributed by atoms with van der Waals surface area (Å²) in [5.74, 6) is 0.474. The Morgan fingerprint density at radius 1 is 1.30 bits per heavy atom. The monoisotopic (exact) mass is 355 g/mol. The van der Waals surface area contributed by atoms with Crippen molar-refractivity contribution in [3.8, 4) is 0 Å². The molecule has 0 aliphatic carbocycles. The van der Waals surface area contributed by atoms with Crippen molar-refractivity contribution in [2.75, 3.05) is 25.6 Å². The molecule has 124 valence electrons. The Labute approximate surface area is 145 Å². The number of nitrogens with zero attached hydrogens (tertiary/aromatic N) is 1. The van der Waals surface area contributed by atoms with Gasteiger partial charge in [0.1, 0.15) is 0 Å². The number of ether oxygens (including phenoxy) is 1. The maximum Gasteiger partial charge on any atom is 0.256 e. The minimum atomic E-state index is -0.155. The third kappa shape index (κ3) is 4.96. The fourth-order valence-electron chi connectivity index (χ4n) is 2.18. The summed E-state index contributed by atoms with van der Waals surface area (Å²) in [6.45, 7) is 3.16. The molecule has 0 saturated carbocycles. The van der Waals surface area contributed by atoms with Crippen LogP contribution in [0.3, 0.4) is 0 Å². The molecule has 0 fully saturated rings. The van der Waals surface area contributed by atoms with E-state index >= 15 is 0 Å². The molecule has 0 amide bonds. The zero-order chi connectivity index (χ0) is 16.8. The Kier molecular flexibility index (Phi) is 6.45. The van der Waals surface area contributed by atoms with Crippen molar-refractivity contribution in [1.29, 1.82) is 0 Å². The maximum atomic E-state index is 12.3. The lowest BCUT2D eigenvalue weighted by atomic mass is 10.1. The van der Waals surface area contributed by atoms with Crippen molar-refractivity contribution in [3.05, 3.63) is 55.4 Å². The fourth-order valence-corrected chi connectivity index (χ4v) is 2.50. The van der Waals surface area contributed by atoms with Crippen LogP contribution in [0.2, 0.25) is 10.0 Å². The second kappa shape index (κ2) is 8.34. The maximum absolute atomic E-state index is 12.3. The number of aromatic nitrogens is 2. The number of hydrogen-bond donors (Lipinski definition) is 2. The Balaban J connectivity index is 2.13. The Hall–Kier alpha value is -1.56. The average Bonchev–Trinajstić information content (AvgIpc) is 2.51. The standard InChI is InChI=1S/C16H19Cl2N3O2/c1-10-12(8-11-4-5-13(17)14(18)9-11)15(22)21-16(20-10)19-6-3-7-23-2/h4-5,9H,3,6-8H2,1-2H3,(H2,19,20,21,22). The second-order valence-electron chi connectivity index (χ2n) is 5.18. The molecule has 1 aromatic carbocycles. The van der Waals surface area contributed by atoms with Gasteiger partial charge >= 0.3 is 0 Å². The van der Waals surface area contributed by atoms with Crippen LogP contribution in [-0.2, 0) is 11.2 Å². The number of halogens is 2. The minimum absolute atomic E-state index is 0.155. The summed E-state index contributed by atoms with van der Waals surface area (Å²) in [5, 5.41) is 4.05. The molecule has 0 saturated heterocycles. The van der Waals surface area contributed by atoms with Crippen molar-refractivity contribution in [3.63, 3.8) is 0 Å². The number of aromatic amines is 1. The highest BCUT2D eigenvalue weighted by molar-refractivity contribution is 6.42. The molecule has 0 aliphatic heterocycles. The fraction of sp³-hybridized carbons (Fsp3) is 0.375. The highest BCUT2D eigenvalue weighted by atomic mass is 35.5. The molecule has 0 atom stereocenters. The molecule has 0 unspecified atom stereocenters. The van der Waals surface area contributed by atoms with Crippen LogP contribution in [0.5, 0.6) is 0 Å². The van der Waals surface area contributed by atoms with Crippen LogP contribution < -0.4 is 10.9 Å². The lowest BCUT2D eigenvalue weighted by molar-refractivity contribution is 0.197. The Morgan fingerprint density at radius 2 is 2.09 bits per heavy atom. The number of methoxy groups -OCH3 is 1. The first-order valence-electron chi connectivity index (χ1n) is 7.27. The van der Waals surface area contributed by atoms with Crippen LogP contribution in [-0.4, -0.2) is 30.2 Å². The molecule has 2 aromatic rings. The number of rotatable bonds is 7. The van der Waals surface area contributed by atoms with Gasteiger partial charge in [0.15, 0.2) is 0 Å². The van der Waals surface area contributed by atoms with Gasteiger partial charge in [-0.15, -0.1) is 0 Å². The van der Waals surface area contributed by atoms with E-state index in [0.29, 0.717) is 46.8 Å². The summed E-state index contributed by atoms with van der Waals surface area (Å²) in [4.78, 5) is 19.5. The first-order valence-corrected chi connectivity index (χ1v) is 8.03. The van der Waals surface area contributed by atoms with Gasteiger partial charge in [-0.2, -0.15) is 0 Å². The van der Waals surface area contributed by atoms with Gasteiger partial charge < -0.3 is 10.1 Å². The van der Waals surface area contributed by atoms with Gasteiger partial charge in [0.05, 0.1) is 15.7 Å². The lowest BCUT2D eigenvalue weighted by Gasteiger charge is -2.09. The van der Waals surface area contributed by atoms with Crippen molar-refractivity contribution in [1.82, 2.24) is 9.97 Å². The molecule has 2 N–H and O–H groups in total. The molecule has 0 radical (unpaired) electrons. The summed E-state index contributed by atoms with van der Waals surface area (Å²) in [6.07, 6.45) is 1.29. The van der Waals surface area contributed by atoms with E-state index in [2.05, 4.69) is 15.3 Å². The third-order valence-electron chi connectivity index (χ3n) is 3.40. The molecule has 7 heteroatoms. The van der Waals surface area contributed by atoms with E-state index in [1.54, 1.807) is 19.2 Å². The molecule has 1 heterocycles. The Bertz CT molecular complexity index is 732. The number of nitrogens with one attached hydrogen (secondary N) is 2. The van der Waals surface area contributed by atoms with Gasteiger partial charge in [0.2, 0.25) is 5.95 Å². The van der Waals surface area contributed by atoms with Crippen LogP contribution >= 0.6 is 23.2 Å². The van der Waals surface area contributed by atoms with Crippen LogP contribution in [0, 0.1) is 6.92 Å². The van der Waals surface area contributed by atoms with Gasteiger partial charge in [0, 0.05) is 32.2 Å². The van der Waals surface area contributed by atoms with Crippen LogP contribution in [0.15, 0.2) is 23.0 Å². The lowest BCUT2D eigenvalue weighted by Crippen LogP contribution is -2.20. The Morgan fingerprint density at radius 3 is 2.74 bits per heavy atom. The smallest absolute Gasteiger partial charge is 0.256 e. The number of hydrogen-bond acceptors (Lipinski definition) is 4. The minimum Gasteiger partial charge on any atom is -0.385 e. The predicted molar refractivity (Wildman–Crippen MR) is 93.8 cm³/mol. The highest BCUT2D eigenvalue weighted by Gasteiger charge is 2.10. The van der Waals surface area contributed by atoms with Crippen molar-refractivity contribution in [2.45, 2.75) is 19.8 Å². The zero-order valence-corrected chi connectivity index (χ0v) is 14.6. The number of benzene rings is 1. The van der Waals surface area contributed by atoms with E-state index in [9.17, 15) is 4.79 Å². The molecule has 0 aliphatic rings. The van der Waals surface area contributed by atoms with Gasteiger partial charge in [0.25, 0.3) is 5.56 Å². The van der Waals surface area contributed by atoms with Crippen LogP contribution in [0.1, 0.15) is 23.2 Å². The summed E-state index contributed by atoms with van der Waals surface area (Å²) < 4.78 is 4.98. The van der Waals surface area contributed by atoms with E-state index in [1.165, 1.54) is 0 Å². The number of anilines is 1. The van der Waals surface area contributed by atoms with Crippen LogP contribution in [0.4, 0.5) is 5.95 Å². The second-order valence-corrected chi connectivity index (χ2v) is 5.99. The molecule has 0 bridgehead atoms. The molecule has 23 heavy (non-hydrogen) atoms. The van der Waals surface area contributed by atoms with E-state index in [0.717, 1.165) is 12.0 Å². The number of H-pyrrole nitrogens is 1. The van der Waals surface area contributed by atoms with E-state index in [1.807, 2.05) is 13.0 Å². The zero-order valence-electron chi connectivity index (χ0n) is 13.1. The van der Waals surface area contributed by atoms with Gasteiger partial charge in [-0.1, -0.05) is 29.3 Å². The molecular formula is C16H19Cl2N3O2. The summed E-state index contributed by atoms with van der Waals surface area (Å²) in [7, 11) is 1.65. The molecule has 1 aromatic heterocycles. The van der Waals surface area contributed by atoms with E-state index < -0.39 is 0 Å². The van der Waals surface area contributed by atoms with Crippen molar-refractivity contribution in [2.24, 2.45) is 0 Å². The summed E-state index contributed by atoms with van der Waals surface area (Å²) in [5.41, 5.74) is 2.06. The molecular weight excluding hydrogens is 337 g/mol. The molecule has 0 spiro atoms. The largest absolute Gasteiger partial charge is 0.385 e. The third-order valence-corrected chi connectivity index (χ3v) is 4.14. The topological polar surface area (TPSA) is 67.0 Å². The molecule has 5 nitrogen and oxygen atoms in total. The normalized spacial score (nSPS) is 10.8. The number of aryl methyl sites for hydroxylation is 1. The first-order chi connectivity index (χ1) is 11.0. The van der Waals surface area contributed by atoms with E-state index in [4.69, 9.17) is 27.9 Å². The van der Waals surface area contributed by atoms with E-state index in [-0.39, 0.29) is 5.56 Å². The van der Waals surface area contributed by atoms with Gasteiger partial charge in [-0.05, 0) is 31.0 Å². The quantitative estimate of drug-likeness (QED) is 0.746. The van der Waals surface area contributed by atoms with Crippen molar-refractivity contribution >= 4 is 29.2 Å². The van der Waals surface area contributed by atoms with Crippen LogP contribution in [0.25, 0.3) is 0 Å². The first kappa shape index (κ1) is 17.8. The summed E-state index contributed by atoms with van der Waals surface area (Å²) >= 11 is 11.9. The van der Waals surface area contributed by atoms with Gasteiger partial charge in [-0.25, -0.2) is 4.98 Å². The summed E-state index contributed by atoms with van der Waals surface area (Å²) in [6, 6.07) is 5.34. The average molecular weight is 356 g/mol. The molecule has 2 rings (SSSR count). The van der Waals surface area contributed by atoms with Gasteiger partial charge in [-0.3, -0.25) is 9.78 Å². The predicted octanol–water partition coefficient (Wildman–Crippen LogP) is 3.42. The highest BCUT2D eigenvalue weighted by Crippen LogP contribution is 2.23.